The number of sulfone groups is 1. The molecule has 0 spiro atoms. The number of rotatable bonds is 5. The first kappa shape index (κ1) is 14.5. The molecule has 1 aromatic heterocycles. The fraction of sp³-hybridized carbons (Fsp3) is 0.286. The molecule has 0 aromatic carbocycles. The van der Waals surface area contributed by atoms with Crippen molar-refractivity contribution in [1.82, 2.24) is 4.98 Å². The van der Waals surface area contributed by atoms with Gasteiger partial charge in [0.25, 0.3) is 0 Å². The molecule has 9 nitrogen and oxygen atoms in total. The van der Waals surface area contributed by atoms with E-state index in [1.807, 2.05) is 0 Å². The Bertz CT molecular complexity index is 666. The minimum absolute atomic E-state index is 0.702. The maximum atomic E-state index is 11.7. The highest BCUT2D eigenvalue weighted by Crippen LogP contribution is 2.21. The third-order valence-corrected chi connectivity index (χ3v) is 4.56. The summed E-state index contributed by atoms with van der Waals surface area (Å²) >= 11 is 0. The van der Waals surface area contributed by atoms with E-state index >= 15 is 0 Å². The molecule has 100 valence electrons. The van der Waals surface area contributed by atoms with E-state index < -0.39 is 47.0 Å². The number of aromatic nitrogens is 1. The third-order valence-electron chi connectivity index (χ3n) is 1.88. The SMILES string of the molecule is NS(=O)(=O)CCS(=O)(=O)c1ncccc1[N+](=O)[O-]. The number of nitrogens with two attached hydrogens (primary N) is 1. The van der Waals surface area contributed by atoms with Gasteiger partial charge in [-0.1, -0.05) is 0 Å². The molecule has 0 aliphatic rings. The molecule has 11 heteroatoms. The summed E-state index contributed by atoms with van der Waals surface area (Å²) in [5.41, 5.74) is -0.702. The van der Waals surface area contributed by atoms with Crippen LogP contribution in [-0.2, 0) is 19.9 Å². The monoisotopic (exact) mass is 295 g/mol. The Labute approximate surface area is 103 Å². The molecular formula is C7H9N3O6S2. The van der Waals surface area contributed by atoms with E-state index in [1.54, 1.807) is 0 Å². The van der Waals surface area contributed by atoms with Crippen LogP contribution in [0.15, 0.2) is 23.4 Å². The topological polar surface area (TPSA) is 150 Å². The van der Waals surface area contributed by atoms with E-state index in [0.717, 1.165) is 12.3 Å². The minimum Gasteiger partial charge on any atom is -0.258 e. The van der Waals surface area contributed by atoms with E-state index in [2.05, 4.69) is 10.1 Å². The molecule has 0 bridgehead atoms. The number of nitro groups is 1. The fourth-order valence-electron chi connectivity index (χ4n) is 1.08. The highest BCUT2D eigenvalue weighted by molar-refractivity contribution is 7.94. The Morgan fingerprint density at radius 3 is 2.39 bits per heavy atom. The zero-order valence-electron chi connectivity index (χ0n) is 8.88. The summed E-state index contributed by atoms with van der Waals surface area (Å²) in [5.74, 6) is -1.69. The van der Waals surface area contributed by atoms with E-state index in [1.165, 1.54) is 6.07 Å². The van der Waals surface area contributed by atoms with Crippen LogP contribution in [0.4, 0.5) is 5.69 Å². The first-order chi connectivity index (χ1) is 8.13. The van der Waals surface area contributed by atoms with E-state index in [0.29, 0.717) is 0 Å². The fourth-order valence-corrected chi connectivity index (χ4v) is 3.77. The molecule has 0 aliphatic heterocycles. The van der Waals surface area contributed by atoms with Crippen LogP contribution < -0.4 is 5.14 Å². The Morgan fingerprint density at radius 2 is 1.89 bits per heavy atom. The number of primary sulfonamides is 1. The van der Waals surface area contributed by atoms with Crippen molar-refractivity contribution >= 4 is 25.5 Å². The van der Waals surface area contributed by atoms with Gasteiger partial charge in [0.05, 0.1) is 16.4 Å². The number of sulfonamides is 1. The Hall–Kier alpha value is -1.59. The van der Waals surface area contributed by atoms with Gasteiger partial charge in [-0.2, -0.15) is 0 Å². The van der Waals surface area contributed by atoms with Gasteiger partial charge >= 0.3 is 5.69 Å². The lowest BCUT2D eigenvalue weighted by molar-refractivity contribution is -0.388. The van der Waals surface area contributed by atoms with Crippen molar-refractivity contribution in [2.24, 2.45) is 5.14 Å². The van der Waals surface area contributed by atoms with Crippen LogP contribution in [0.2, 0.25) is 0 Å². The van der Waals surface area contributed by atoms with Crippen molar-refractivity contribution in [3.05, 3.63) is 28.4 Å². The number of pyridine rings is 1. The predicted molar refractivity (Wildman–Crippen MR) is 60.9 cm³/mol. The average Bonchev–Trinajstić information content (AvgIpc) is 2.26. The van der Waals surface area contributed by atoms with Crippen molar-refractivity contribution in [3.63, 3.8) is 0 Å². The lowest BCUT2D eigenvalue weighted by Crippen LogP contribution is -2.24. The second-order valence-electron chi connectivity index (χ2n) is 3.27. The van der Waals surface area contributed by atoms with Crippen LogP contribution in [-0.4, -0.2) is 38.2 Å². The molecule has 1 heterocycles. The standard InChI is InChI=1S/C7H9N3O6S2/c8-18(15,16)5-4-17(13,14)7-6(10(11)12)2-1-3-9-7/h1-3H,4-5H2,(H2,8,15,16). The van der Waals surface area contributed by atoms with Crippen LogP contribution in [0, 0.1) is 10.1 Å². The predicted octanol–water partition coefficient (Wildman–Crippen LogP) is -0.948. The number of hydrogen-bond acceptors (Lipinski definition) is 7. The molecular weight excluding hydrogens is 286 g/mol. The molecule has 0 saturated carbocycles. The van der Waals surface area contributed by atoms with E-state index in [9.17, 15) is 26.9 Å². The van der Waals surface area contributed by atoms with Gasteiger partial charge in [-0.15, -0.1) is 0 Å². The highest BCUT2D eigenvalue weighted by Gasteiger charge is 2.28. The van der Waals surface area contributed by atoms with Gasteiger partial charge in [0.1, 0.15) is 0 Å². The molecule has 1 rings (SSSR count). The van der Waals surface area contributed by atoms with Crippen molar-refractivity contribution in [3.8, 4) is 0 Å². The first-order valence-corrected chi connectivity index (χ1v) is 7.83. The second kappa shape index (κ2) is 4.96. The van der Waals surface area contributed by atoms with Gasteiger partial charge in [0.15, 0.2) is 0 Å². The van der Waals surface area contributed by atoms with Gasteiger partial charge in [-0.25, -0.2) is 27.0 Å². The van der Waals surface area contributed by atoms with Gasteiger partial charge < -0.3 is 0 Å². The smallest absolute Gasteiger partial charge is 0.258 e. The van der Waals surface area contributed by atoms with Gasteiger partial charge in [-0.05, 0) is 6.07 Å². The largest absolute Gasteiger partial charge is 0.306 e. The zero-order valence-corrected chi connectivity index (χ0v) is 10.5. The Morgan fingerprint density at radius 1 is 1.28 bits per heavy atom. The van der Waals surface area contributed by atoms with Crippen molar-refractivity contribution in [2.45, 2.75) is 5.03 Å². The molecule has 2 N–H and O–H groups in total. The maximum absolute atomic E-state index is 11.7. The Balaban J connectivity index is 3.17. The molecule has 0 aliphatic carbocycles. The van der Waals surface area contributed by atoms with Crippen molar-refractivity contribution in [2.75, 3.05) is 11.5 Å². The lowest BCUT2D eigenvalue weighted by Gasteiger charge is -2.03. The molecule has 0 saturated heterocycles. The number of hydrogen-bond donors (Lipinski definition) is 1. The van der Waals surface area contributed by atoms with E-state index in [-0.39, 0.29) is 0 Å². The summed E-state index contributed by atoms with van der Waals surface area (Å²) in [6, 6.07) is 2.17. The van der Waals surface area contributed by atoms with Crippen LogP contribution >= 0.6 is 0 Å². The second-order valence-corrected chi connectivity index (χ2v) is 7.03. The molecule has 18 heavy (non-hydrogen) atoms. The van der Waals surface area contributed by atoms with Gasteiger partial charge in [0.2, 0.25) is 24.9 Å². The lowest BCUT2D eigenvalue weighted by atomic mass is 10.4. The third kappa shape index (κ3) is 3.72. The van der Waals surface area contributed by atoms with Crippen LogP contribution in [0.25, 0.3) is 0 Å². The first-order valence-electron chi connectivity index (χ1n) is 4.46. The Kier molecular flexibility index (Phi) is 3.98. The average molecular weight is 295 g/mol. The minimum atomic E-state index is -4.18. The summed E-state index contributed by atoms with van der Waals surface area (Å²) in [4.78, 5) is 13.1. The number of nitrogens with zero attached hydrogens (tertiary/aromatic N) is 2. The van der Waals surface area contributed by atoms with E-state index in [4.69, 9.17) is 0 Å². The van der Waals surface area contributed by atoms with Crippen molar-refractivity contribution < 1.29 is 21.8 Å². The van der Waals surface area contributed by atoms with Crippen LogP contribution in [0.1, 0.15) is 0 Å². The molecule has 0 fully saturated rings. The molecule has 0 radical (unpaired) electrons. The van der Waals surface area contributed by atoms with Crippen LogP contribution in [0.5, 0.6) is 0 Å². The normalized spacial score (nSPS) is 12.3. The molecule has 0 atom stereocenters. The molecule has 1 aromatic rings. The summed E-state index contributed by atoms with van der Waals surface area (Å²) in [7, 11) is -8.16. The molecule has 0 unspecified atom stereocenters. The highest BCUT2D eigenvalue weighted by atomic mass is 32.2. The summed E-state index contributed by atoms with van der Waals surface area (Å²) in [6.07, 6.45) is 1.07. The van der Waals surface area contributed by atoms with Gasteiger partial charge in [0, 0.05) is 12.3 Å². The van der Waals surface area contributed by atoms with Crippen molar-refractivity contribution in [1.29, 1.82) is 0 Å². The molecule has 0 amide bonds. The summed E-state index contributed by atoms with van der Waals surface area (Å²) in [5, 5.41) is 14.5. The van der Waals surface area contributed by atoms with Gasteiger partial charge in [-0.3, -0.25) is 10.1 Å². The maximum Gasteiger partial charge on any atom is 0.306 e. The zero-order chi connectivity index (χ0) is 14.0. The summed E-state index contributed by atoms with van der Waals surface area (Å²) < 4.78 is 44.8. The quantitative estimate of drug-likeness (QED) is 0.543. The van der Waals surface area contributed by atoms with Crippen LogP contribution in [0.3, 0.4) is 0 Å². The summed E-state index contributed by atoms with van der Waals surface area (Å²) in [6.45, 7) is 0.